The lowest BCUT2D eigenvalue weighted by atomic mass is 9.99. The van der Waals surface area contributed by atoms with Gasteiger partial charge in [0, 0.05) is 20.0 Å². The first-order valence-electron chi connectivity index (χ1n) is 10.4. The summed E-state index contributed by atoms with van der Waals surface area (Å²) in [5.41, 5.74) is 3.15. The Morgan fingerprint density at radius 2 is 1.69 bits per heavy atom. The molecule has 0 saturated heterocycles. The molecule has 0 saturated carbocycles. The molecule has 1 heterocycles. The molecule has 8 nitrogen and oxygen atoms in total. The van der Waals surface area contributed by atoms with Crippen LogP contribution in [0, 0.1) is 5.92 Å². The molecule has 0 aromatic heterocycles. The van der Waals surface area contributed by atoms with Crippen LogP contribution in [0.15, 0.2) is 42.5 Å². The predicted octanol–water partition coefficient (Wildman–Crippen LogP) is 4.02. The van der Waals surface area contributed by atoms with Crippen LogP contribution in [-0.4, -0.2) is 51.4 Å². The van der Waals surface area contributed by atoms with Gasteiger partial charge in [-0.2, -0.15) is 0 Å². The highest BCUT2D eigenvalue weighted by Gasteiger charge is 2.35. The molecule has 1 aliphatic heterocycles. The van der Waals surface area contributed by atoms with Crippen LogP contribution in [0.4, 0.5) is 21.9 Å². The van der Waals surface area contributed by atoms with E-state index in [-0.39, 0.29) is 24.4 Å². The molecule has 32 heavy (non-hydrogen) atoms. The maximum atomic E-state index is 12.9. The molecule has 172 valence electrons. The Morgan fingerprint density at radius 1 is 1.09 bits per heavy atom. The SMILES string of the molecule is CC(C)CC(=O)N1c2ccc(-c3ccc(N(C)S(C)(=O)=O)cc3)cc2N(C(=O)O)C[C@@H]1C. The molecule has 2 aromatic carbocycles. The van der Waals surface area contributed by atoms with E-state index in [1.807, 2.05) is 26.8 Å². The first-order chi connectivity index (χ1) is 14.9. The number of carboxylic acid groups (broad SMARTS) is 1. The molecule has 0 unspecified atom stereocenters. The molecule has 2 aromatic rings. The van der Waals surface area contributed by atoms with Crippen LogP contribution < -0.4 is 14.1 Å². The number of fused-ring (bicyclic) bond motifs is 1. The fourth-order valence-electron chi connectivity index (χ4n) is 3.87. The van der Waals surface area contributed by atoms with E-state index >= 15 is 0 Å². The normalized spacial score (nSPS) is 16.1. The summed E-state index contributed by atoms with van der Waals surface area (Å²) in [5, 5.41) is 9.77. The van der Waals surface area contributed by atoms with Crippen molar-refractivity contribution in [2.45, 2.75) is 33.2 Å². The molecule has 1 aliphatic rings. The summed E-state index contributed by atoms with van der Waals surface area (Å²) in [6.45, 7) is 5.99. The minimum absolute atomic E-state index is 0.0281. The van der Waals surface area contributed by atoms with Gasteiger partial charge < -0.3 is 10.0 Å². The van der Waals surface area contributed by atoms with Crippen molar-refractivity contribution in [2.75, 3.05) is 34.0 Å². The first-order valence-corrected chi connectivity index (χ1v) is 12.3. The monoisotopic (exact) mass is 459 g/mol. The number of benzene rings is 2. The minimum Gasteiger partial charge on any atom is -0.465 e. The summed E-state index contributed by atoms with van der Waals surface area (Å²) in [5.74, 6) is 0.165. The molecule has 2 amide bonds. The van der Waals surface area contributed by atoms with Gasteiger partial charge in [-0.05, 0) is 48.2 Å². The third kappa shape index (κ3) is 4.72. The van der Waals surface area contributed by atoms with Crippen molar-refractivity contribution < 1.29 is 23.1 Å². The third-order valence-corrected chi connectivity index (χ3v) is 6.76. The lowest BCUT2D eigenvalue weighted by Gasteiger charge is -2.40. The second kappa shape index (κ2) is 8.82. The van der Waals surface area contributed by atoms with Crippen LogP contribution in [0.3, 0.4) is 0 Å². The third-order valence-electron chi connectivity index (χ3n) is 5.56. The zero-order valence-corrected chi connectivity index (χ0v) is 19.8. The molecule has 0 aliphatic carbocycles. The molecular weight excluding hydrogens is 430 g/mol. The van der Waals surface area contributed by atoms with E-state index in [2.05, 4.69) is 0 Å². The highest BCUT2D eigenvalue weighted by atomic mass is 32.2. The van der Waals surface area contributed by atoms with Crippen LogP contribution in [0.1, 0.15) is 27.2 Å². The number of carbonyl (C=O) groups is 2. The van der Waals surface area contributed by atoms with Crippen molar-refractivity contribution in [1.29, 1.82) is 0 Å². The van der Waals surface area contributed by atoms with E-state index in [9.17, 15) is 23.1 Å². The topological polar surface area (TPSA) is 98.2 Å². The summed E-state index contributed by atoms with van der Waals surface area (Å²) in [6, 6.07) is 12.1. The van der Waals surface area contributed by atoms with E-state index in [0.717, 1.165) is 17.4 Å². The molecule has 1 N–H and O–H groups in total. The zero-order valence-electron chi connectivity index (χ0n) is 18.9. The number of hydrogen-bond acceptors (Lipinski definition) is 4. The maximum absolute atomic E-state index is 12.9. The highest BCUT2D eigenvalue weighted by molar-refractivity contribution is 7.92. The summed E-state index contributed by atoms with van der Waals surface area (Å²) in [4.78, 5) is 27.8. The Labute approximate surface area is 189 Å². The van der Waals surface area contributed by atoms with Gasteiger partial charge in [-0.15, -0.1) is 0 Å². The second-order valence-corrected chi connectivity index (χ2v) is 10.6. The average molecular weight is 460 g/mol. The molecule has 0 fully saturated rings. The number of sulfonamides is 1. The first kappa shape index (κ1) is 23.6. The van der Waals surface area contributed by atoms with Gasteiger partial charge in [-0.3, -0.25) is 14.0 Å². The van der Waals surface area contributed by atoms with Gasteiger partial charge in [0.05, 0.1) is 29.4 Å². The van der Waals surface area contributed by atoms with Gasteiger partial charge in [0.15, 0.2) is 0 Å². The zero-order chi connectivity index (χ0) is 23.8. The average Bonchev–Trinajstić information content (AvgIpc) is 2.71. The lowest BCUT2D eigenvalue weighted by molar-refractivity contribution is -0.119. The van der Waals surface area contributed by atoms with Crippen molar-refractivity contribution in [3.8, 4) is 11.1 Å². The lowest BCUT2D eigenvalue weighted by Crippen LogP contribution is -2.51. The molecule has 3 rings (SSSR count). The van der Waals surface area contributed by atoms with Gasteiger partial charge >= 0.3 is 6.09 Å². The second-order valence-electron chi connectivity index (χ2n) is 8.58. The Hall–Kier alpha value is -3.07. The fraction of sp³-hybridized carbons (Fsp3) is 0.391. The van der Waals surface area contributed by atoms with Gasteiger partial charge in [0.2, 0.25) is 15.9 Å². The number of carbonyl (C=O) groups excluding carboxylic acids is 1. The Kier molecular flexibility index (Phi) is 6.50. The Balaban J connectivity index is 2.03. The van der Waals surface area contributed by atoms with Crippen molar-refractivity contribution in [3.05, 3.63) is 42.5 Å². The van der Waals surface area contributed by atoms with Gasteiger partial charge in [0.1, 0.15) is 0 Å². The molecule has 0 spiro atoms. The maximum Gasteiger partial charge on any atom is 0.411 e. The van der Waals surface area contributed by atoms with E-state index < -0.39 is 16.1 Å². The van der Waals surface area contributed by atoms with E-state index in [4.69, 9.17) is 0 Å². The molecule has 0 radical (unpaired) electrons. The highest BCUT2D eigenvalue weighted by Crippen LogP contribution is 2.39. The minimum atomic E-state index is -3.37. The van der Waals surface area contributed by atoms with Gasteiger partial charge in [0.25, 0.3) is 0 Å². The molecule has 9 heteroatoms. The molecular formula is C23H29N3O5S. The van der Waals surface area contributed by atoms with Crippen molar-refractivity contribution in [3.63, 3.8) is 0 Å². The van der Waals surface area contributed by atoms with Crippen LogP contribution in [0.25, 0.3) is 11.1 Å². The number of hydrogen-bond donors (Lipinski definition) is 1. The summed E-state index contributed by atoms with van der Waals surface area (Å²) >= 11 is 0. The van der Waals surface area contributed by atoms with E-state index in [0.29, 0.717) is 23.5 Å². The number of amides is 2. The van der Waals surface area contributed by atoms with Gasteiger partial charge in [-0.1, -0.05) is 32.0 Å². The number of nitrogens with zero attached hydrogens (tertiary/aromatic N) is 3. The summed E-state index contributed by atoms with van der Waals surface area (Å²) in [6.07, 6.45) is 0.447. The van der Waals surface area contributed by atoms with Crippen molar-refractivity contribution in [1.82, 2.24) is 0 Å². The predicted molar refractivity (Wildman–Crippen MR) is 127 cm³/mol. The largest absolute Gasteiger partial charge is 0.465 e. The Morgan fingerprint density at radius 3 is 2.22 bits per heavy atom. The van der Waals surface area contributed by atoms with E-state index in [1.165, 1.54) is 16.3 Å². The smallest absolute Gasteiger partial charge is 0.411 e. The fourth-order valence-corrected chi connectivity index (χ4v) is 4.37. The molecule has 1 atom stereocenters. The van der Waals surface area contributed by atoms with E-state index in [1.54, 1.807) is 41.3 Å². The standard InChI is InChI=1S/C23H29N3O5S/c1-15(2)12-22(27)26-16(3)14-25(23(28)29)21-13-18(8-11-20(21)26)17-6-9-19(10-7-17)24(4)32(5,30)31/h6-11,13,15-16H,12,14H2,1-5H3,(H,28,29)/t16-/m0/s1. The van der Waals surface area contributed by atoms with Crippen molar-refractivity contribution >= 4 is 39.1 Å². The van der Waals surface area contributed by atoms with Crippen LogP contribution in [-0.2, 0) is 14.8 Å². The van der Waals surface area contributed by atoms with Crippen molar-refractivity contribution in [2.24, 2.45) is 5.92 Å². The Bertz CT molecular complexity index is 1130. The van der Waals surface area contributed by atoms with Crippen LogP contribution in [0.2, 0.25) is 0 Å². The molecule has 0 bridgehead atoms. The van der Waals surface area contributed by atoms with Crippen LogP contribution >= 0.6 is 0 Å². The number of anilines is 3. The van der Waals surface area contributed by atoms with Gasteiger partial charge in [-0.25, -0.2) is 13.2 Å². The quantitative estimate of drug-likeness (QED) is 0.728. The number of rotatable bonds is 5. The summed E-state index contributed by atoms with van der Waals surface area (Å²) in [7, 11) is -1.88. The summed E-state index contributed by atoms with van der Waals surface area (Å²) < 4.78 is 24.7. The van der Waals surface area contributed by atoms with Crippen LogP contribution in [0.5, 0.6) is 0 Å².